The van der Waals surface area contributed by atoms with Gasteiger partial charge in [-0.2, -0.15) is 0 Å². The lowest BCUT2D eigenvalue weighted by molar-refractivity contribution is 0.0623. The Morgan fingerprint density at radius 1 is 0.882 bits per heavy atom. The summed E-state index contributed by atoms with van der Waals surface area (Å²) in [5.41, 5.74) is 2.69. The fraction of sp³-hybridized carbons (Fsp3) is 0.462. The number of halogens is 2. The Morgan fingerprint density at radius 3 is 2.26 bits per heavy atom. The predicted molar refractivity (Wildman–Crippen MR) is 140 cm³/mol. The van der Waals surface area contributed by atoms with Gasteiger partial charge in [0.25, 0.3) is 5.91 Å². The van der Waals surface area contributed by atoms with E-state index >= 15 is 0 Å². The van der Waals surface area contributed by atoms with E-state index in [1.54, 1.807) is 18.2 Å². The Hall–Kier alpha value is -2.44. The van der Waals surface area contributed by atoms with E-state index in [9.17, 15) is 9.59 Å². The minimum absolute atomic E-state index is 0.0107. The summed E-state index contributed by atoms with van der Waals surface area (Å²) in [4.78, 5) is 30.4. The number of nitrogens with zero attached hydrogens (tertiary/aromatic N) is 2. The van der Waals surface area contributed by atoms with Crippen molar-refractivity contribution in [2.45, 2.75) is 39.5 Å². The summed E-state index contributed by atoms with van der Waals surface area (Å²) in [5.74, 6) is 0.973. The molecule has 0 radical (unpaired) electrons. The van der Waals surface area contributed by atoms with Crippen molar-refractivity contribution >= 4 is 52.2 Å². The average molecular weight is 503 g/mol. The lowest BCUT2D eigenvalue weighted by Gasteiger charge is -2.35. The first-order valence-electron chi connectivity index (χ1n) is 12.0. The highest BCUT2D eigenvalue weighted by Gasteiger charge is 2.27. The Labute approximate surface area is 211 Å². The van der Waals surface area contributed by atoms with Crippen LogP contribution in [0.2, 0.25) is 10.0 Å². The molecule has 4 rings (SSSR count). The van der Waals surface area contributed by atoms with Gasteiger partial charge in [0.2, 0.25) is 0 Å². The second kappa shape index (κ2) is 10.9. The first-order valence-corrected chi connectivity index (χ1v) is 12.8. The van der Waals surface area contributed by atoms with Crippen LogP contribution in [0, 0.1) is 11.8 Å². The molecule has 2 aromatic rings. The zero-order valence-corrected chi connectivity index (χ0v) is 21.3. The molecule has 6 nitrogen and oxygen atoms in total. The number of piperidine rings is 2. The van der Waals surface area contributed by atoms with Crippen LogP contribution in [0.4, 0.5) is 21.9 Å². The Kier molecular flexibility index (Phi) is 7.89. The molecule has 2 N–H and O–H groups in total. The number of anilines is 3. The van der Waals surface area contributed by atoms with Gasteiger partial charge in [0.05, 0.1) is 21.4 Å². The van der Waals surface area contributed by atoms with Crippen molar-refractivity contribution in [3.8, 4) is 0 Å². The highest BCUT2D eigenvalue weighted by molar-refractivity contribution is 6.42. The third-order valence-electron chi connectivity index (χ3n) is 6.52. The first kappa shape index (κ1) is 24.7. The minimum Gasteiger partial charge on any atom is -0.370 e. The van der Waals surface area contributed by atoms with Gasteiger partial charge in [-0.25, -0.2) is 4.79 Å². The number of nitrogens with one attached hydrogen (secondary N) is 2. The molecule has 2 aromatic carbocycles. The maximum Gasteiger partial charge on any atom is 0.323 e. The van der Waals surface area contributed by atoms with Crippen molar-refractivity contribution in [1.29, 1.82) is 0 Å². The van der Waals surface area contributed by atoms with Crippen LogP contribution in [-0.4, -0.2) is 43.0 Å². The maximum absolute atomic E-state index is 13.3. The standard InChI is InChI=1S/C26H32Cl2N4O2/c1-17-12-18(2)16-32(15-17)25(33)19-6-9-24(31-10-4-3-5-11-31)23(13-19)30-26(34)29-20-7-8-21(27)22(28)14-20/h6-9,13-14,17-18H,3-5,10-12,15-16H2,1-2H3,(H2,29,30,34)/t17-,18-/m1/s1. The van der Waals surface area contributed by atoms with Crippen LogP contribution >= 0.6 is 23.2 Å². The highest BCUT2D eigenvalue weighted by Crippen LogP contribution is 2.32. The van der Waals surface area contributed by atoms with Crippen LogP contribution in [0.5, 0.6) is 0 Å². The normalized spacial score (nSPS) is 20.7. The Morgan fingerprint density at radius 2 is 1.59 bits per heavy atom. The molecular weight excluding hydrogens is 471 g/mol. The van der Waals surface area contributed by atoms with Crippen molar-refractivity contribution in [1.82, 2.24) is 4.90 Å². The summed E-state index contributed by atoms with van der Waals surface area (Å²) in [6.45, 7) is 7.76. The molecule has 182 valence electrons. The topological polar surface area (TPSA) is 64.7 Å². The summed E-state index contributed by atoms with van der Waals surface area (Å²) >= 11 is 12.1. The molecule has 0 saturated carbocycles. The van der Waals surface area contributed by atoms with Gasteiger partial charge in [-0.3, -0.25) is 4.79 Å². The third kappa shape index (κ3) is 5.97. The number of carbonyl (C=O) groups is 2. The van der Waals surface area contributed by atoms with E-state index in [2.05, 4.69) is 29.4 Å². The van der Waals surface area contributed by atoms with Crippen LogP contribution in [0.15, 0.2) is 36.4 Å². The fourth-order valence-electron chi connectivity index (χ4n) is 5.05. The van der Waals surface area contributed by atoms with E-state index in [0.717, 1.165) is 51.1 Å². The molecule has 2 saturated heterocycles. The molecule has 3 amide bonds. The van der Waals surface area contributed by atoms with Crippen LogP contribution in [0.1, 0.15) is 49.9 Å². The molecule has 2 atom stereocenters. The SMILES string of the molecule is C[C@@H]1C[C@@H](C)CN(C(=O)c2ccc(N3CCCCC3)c(NC(=O)Nc3ccc(Cl)c(Cl)c3)c2)C1. The Bertz CT molecular complexity index is 1050. The predicted octanol–water partition coefficient (Wildman–Crippen LogP) is 6.75. The quantitative estimate of drug-likeness (QED) is 0.485. The maximum atomic E-state index is 13.3. The number of rotatable bonds is 4. The lowest BCUT2D eigenvalue weighted by Crippen LogP contribution is -2.42. The molecular formula is C26H32Cl2N4O2. The van der Waals surface area contributed by atoms with Crippen molar-refractivity contribution in [2.75, 3.05) is 41.7 Å². The molecule has 0 bridgehead atoms. The van der Waals surface area contributed by atoms with Gasteiger partial charge in [0.1, 0.15) is 0 Å². The molecule has 2 fully saturated rings. The molecule has 0 aliphatic carbocycles. The van der Waals surface area contributed by atoms with Crippen molar-refractivity contribution in [3.05, 3.63) is 52.0 Å². The van der Waals surface area contributed by atoms with E-state index in [1.165, 1.54) is 6.42 Å². The van der Waals surface area contributed by atoms with Crippen molar-refractivity contribution < 1.29 is 9.59 Å². The lowest BCUT2D eigenvalue weighted by atomic mass is 9.91. The molecule has 0 aromatic heterocycles. The van der Waals surface area contributed by atoms with Gasteiger partial charge < -0.3 is 20.4 Å². The van der Waals surface area contributed by atoms with Gasteiger partial charge in [-0.15, -0.1) is 0 Å². The first-order chi connectivity index (χ1) is 16.3. The Balaban J connectivity index is 1.57. The number of likely N-dealkylation sites (tertiary alicyclic amines) is 1. The van der Waals surface area contributed by atoms with Gasteiger partial charge in [-0.05, 0) is 73.9 Å². The van der Waals surface area contributed by atoms with Crippen LogP contribution in [-0.2, 0) is 0 Å². The summed E-state index contributed by atoms with van der Waals surface area (Å²) < 4.78 is 0. The minimum atomic E-state index is -0.401. The fourth-order valence-corrected chi connectivity index (χ4v) is 5.35. The third-order valence-corrected chi connectivity index (χ3v) is 7.26. The summed E-state index contributed by atoms with van der Waals surface area (Å²) in [5, 5.41) is 6.56. The van der Waals surface area contributed by atoms with Gasteiger partial charge in [0, 0.05) is 37.4 Å². The van der Waals surface area contributed by atoms with Crippen LogP contribution in [0.25, 0.3) is 0 Å². The summed E-state index contributed by atoms with van der Waals surface area (Å²) in [7, 11) is 0. The molecule has 0 unspecified atom stereocenters. The zero-order valence-electron chi connectivity index (χ0n) is 19.7. The van der Waals surface area contributed by atoms with Crippen molar-refractivity contribution in [3.63, 3.8) is 0 Å². The highest BCUT2D eigenvalue weighted by atomic mass is 35.5. The van der Waals surface area contributed by atoms with E-state index in [-0.39, 0.29) is 5.91 Å². The smallest absolute Gasteiger partial charge is 0.323 e. The molecule has 2 heterocycles. The average Bonchev–Trinajstić information content (AvgIpc) is 2.81. The number of hydrogen-bond acceptors (Lipinski definition) is 3. The number of amides is 3. The molecule has 2 aliphatic heterocycles. The summed E-state index contributed by atoms with van der Waals surface area (Å²) in [6.07, 6.45) is 4.57. The number of carbonyl (C=O) groups excluding carboxylic acids is 2. The molecule has 8 heteroatoms. The number of benzene rings is 2. The van der Waals surface area contributed by atoms with Crippen molar-refractivity contribution in [2.24, 2.45) is 11.8 Å². The van der Waals surface area contributed by atoms with E-state index in [1.807, 2.05) is 23.1 Å². The number of urea groups is 1. The largest absolute Gasteiger partial charge is 0.370 e. The zero-order chi connectivity index (χ0) is 24.2. The van der Waals surface area contributed by atoms with E-state index in [4.69, 9.17) is 23.2 Å². The molecule has 0 spiro atoms. The van der Waals surface area contributed by atoms with E-state index in [0.29, 0.717) is 38.8 Å². The van der Waals surface area contributed by atoms with E-state index < -0.39 is 6.03 Å². The summed E-state index contributed by atoms with van der Waals surface area (Å²) in [6, 6.07) is 10.2. The van der Waals surface area contributed by atoms with Crippen LogP contribution < -0.4 is 15.5 Å². The monoisotopic (exact) mass is 502 g/mol. The molecule has 34 heavy (non-hydrogen) atoms. The number of hydrogen-bond donors (Lipinski definition) is 2. The van der Waals surface area contributed by atoms with Crippen LogP contribution in [0.3, 0.4) is 0 Å². The second-order valence-electron chi connectivity index (χ2n) is 9.64. The van der Waals surface area contributed by atoms with Gasteiger partial charge in [0.15, 0.2) is 0 Å². The molecule has 2 aliphatic rings. The van der Waals surface area contributed by atoms with Gasteiger partial charge in [-0.1, -0.05) is 37.0 Å². The van der Waals surface area contributed by atoms with Gasteiger partial charge >= 0.3 is 6.03 Å². The second-order valence-corrected chi connectivity index (χ2v) is 10.5.